The molecule has 1 heterocycles. The van der Waals surface area contributed by atoms with Crippen LogP contribution in [-0.2, 0) is 4.79 Å². The average Bonchev–Trinajstić information content (AvgIpc) is 3.08. The molecule has 0 spiro atoms. The summed E-state index contributed by atoms with van der Waals surface area (Å²) >= 11 is 5.90. The van der Waals surface area contributed by atoms with Gasteiger partial charge >= 0.3 is 0 Å². The molecule has 4 heteroatoms. The van der Waals surface area contributed by atoms with Crippen molar-refractivity contribution in [1.82, 2.24) is 4.90 Å². The minimum absolute atomic E-state index is 0.228. The van der Waals surface area contributed by atoms with Crippen LogP contribution in [0.5, 0.6) is 0 Å². The third kappa shape index (κ3) is 4.27. The Morgan fingerprint density at radius 3 is 2.35 bits per heavy atom. The molecule has 3 nitrogen and oxygen atoms in total. The Kier molecular flexibility index (Phi) is 5.60. The van der Waals surface area contributed by atoms with Gasteiger partial charge in [-0.25, -0.2) is 0 Å². The van der Waals surface area contributed by atoms with Crippen LogP contribution >= 0.6 is 11.6 Å². The smallest absolute Gasteiger partial charge is 0.222 e. The second-order valence-corrected chi connectivity index (χ2v) is 7.51. The van der Waals surface area contributed by atoms with Crippen molar-refractivity contribution in [1.29, 1.82) is 0 Å². The van der Waals surface area contributed by atoms with E-state index in [-0.39, 0.29) is 5.92 Å². The number of rotatable bonds is 4. The van der Waals surface area contributed by atoms with Crippen molar-refractivity contribution < 1.29 is 9.90 Å². The zero-order valence-corrected chi connectivity index (χ0v) is 14.3. The first-order valence-electron chi connectivity index (χ1n) is 8.85. The third-order valence-corrected chi connectivity index (χ3v) is 5.74. The van der Waals surface area contributed by atoms with E-state index in [2.05, 4.69) is 0 Å². The topological polar surface area (TPSA) is 40.5 Å². The first-order valence-corrected chi connectivity index (χ1v) is 9.22. The van der Waals surface area contributed by atoms with Gasteiger partial charge in [-0.3, -0.25) is 4.79 Å². The zero-order valence-electron chi connectivity index (χ0n) is 13.6. The Labute approximate surface area is 143 Å². The number of amides is 1. The third-order valence-electron chi connectivity index (χ3n) is 5.49. The molecule has 1 saturated carbocycles. The number of piperidine rings is 1. The van der Waals surface area contributed by atoms with Crippen LogP contribution in [0, 0.1) is 11.8 Å². The van der Waals surface area contributed by atoms with Crippen LogP contribution in [0.25, 0.3) is 0 Å². The molecule has 1 unspecified atom stereocenters. The number of carbonyl (C=O) groups is 1. The van der Waals surface area contributed by atoms with Gasteiger partial charge in [-0.05, 0) is 55.2 Å². The number of nitrogens with zero attached hydrogens (tertiary/aromatic N) is 1. The number of hydrogen-bond donors (Lipinski definition) is 1. The summed E-state index contributed by atoms with van der Waals surface area (Å²) in [5, 5.41) is 11.2. The van der Waals surface area contributed by atoms with E-state index >= 15 is 0 Å². The normalized spacial score (nSPS) is 21.6. The Hall–Kier alpha value is -1.06. The zero-order chi connectivity index (χ0) is 16.2. The Morgan fingerprint density at radius 1 is 1.13 bits per heavy atom. The second kappa shape index (κ2) is 7.67. The standard InChI is InChI=1S/C19H26ClNO2/c20-17-7-5-15(6-8-17)19(23)16-9-11-21(12-10-16)18(22)13-14-3-1-2-4-14/h5-8,14,16,19,23H,1-4,9-13H2. The van der Waals surface area contributed by atoms with Gasteiger partial charge in [-0.15, -0.1) is 0 Å². The van der Waals surface area contributed by atoms with Gasteiger partial charge in [0.25, 0.3) is 0 Å². The van der Waals surface area contributed by atoms with E-state index in [9.17, 15) is 9.90 Å². The van der Waals surface area contributed by atoms with Crippen molar-refractivity contribution in [2.75, 3.05) is 13.1 Å². The van der Waals surface area contributed by atoms with Gasteiger partial charge in [-0.2, -0.15) is 0 Å². The Bertz CT molecular complexity index is 517. The Morgan fingerprint density at radius 2 is 1.74 bits per heavy atom. The van der Waals surface area contributed by atoms with E-state index in [0.717, 1.165) is 37.9 Å². The summed E-state index contributed by atoms with van der Waals surface area (Å²) in [4.78, 5) is 14.4. The first kappa shape index (κ1) is 16.8. The Balaban J connectivity index is 1.49. The molecule has 2 fully saturated rings. The maximum Gasteiger partial charge on any atom is 0.222 e. The van der Waals surface area contributed by atoms with E-state index in [0.29, 0.717) is 16.8 Å². The van der Waals surface area contributed by atoms with E-state index < -0.39 is 6.10 Å². The van der Waals surface area contributed by atoms with Crippen LogP contribution in [0.3, 0.4) is 0 Å². The molecule has 0 aromatic heterocycles. The van der Waals surface area contributed by atoms with Gasteiger partial charge in [0, 0.05) is 24.5 Å². The average molecular weight is 336 g/mol. The number of hydrogen-bond acceptors (Lipinski definition) is 2. The van der Waals surface area contributed by atoms with Crippen molar-refractivity contribution in [3.05, 3.63) is 34.9 Å². The lowest BCUT2D eigenvalue weighted by atomic mass is 9.87. The van der Waals surface area contributed by atoms with Crippen molar-refractivity contribution >= 4 is 17.5 Å². The van der Waals surface area contributed by atoms with Crippen LogP contribution in [0.4, 0.5) is 0 Å². The van der Waals surface area contributed by atoms with Gasteiger partial charge < -0.3 is 10.0 Å². The molecular formula is C19H26ClNO2. The fraction of sp³-hybridized carbons (Fsp3) is 0.632. The lowest BCUT2D eigenvalue weighted by molar-refractivity contribution is -0.134. The lowest BCUT2D eigenvalue weighted by Gasteiger charge is -2.35. The maximum absolute atomic E-state index is 12.4. The molecule has 1 aromatic carbocycles. The predicted molar refractivity (Wildman–Crippen MR) is 92.3 cm³/mol. The van der Waals surface area contributed by atoms with Gasteiger partial charge in [0.2, 0.25) is 5.91 Å². The molecule has 1 aliphatic heterocycles. The highest BCUT2D eigenvalue weighted by Crippen LogP contribution is 2.33. The van der Waals surface area contributed by atoms with Crippen molar-refractivity contribution in [3.8, 4) is 0 Å². The number of likely N-dealkylation sites (tertiary alicyclic amines) is 1. The summed E-state index contributed by atoms with van der Waals surface area (Å²) in [5.41, 5.74) is 0.921. The monoisotopic (exact) mass is 335 g/mol. The van der Waals surface area contributed by atoms with E-state index in [1.807, 2.05) is 29.2 Å². The molecule has 1 saturated heterocycles. The number of carbonyl (C=O) groups excluding carboxylic acids is 1. The van der Waals surface area contributed by atoms with Crippen LogP contribution in [-0.4, -0.2) is 29.0 Å². The van der Waals surface area contributed by atoms with E-state index in [1.54, 1.807) is 0 Å². The number of halogens is 1. The maximum atomic E-state index is 12.4. The summed E-state index contributed by atoms with van der Waals surface area (Å²) in [7, 11) is 0. The summed E-state index contributed by atoms with van der Waals surface area (Å²) in [6, 6.07) is 7.43. The van der Waals surface area contributed by atoms with Crippen LogP contribution in [0.1, 0.15) is 56.6 Å². The van der Waals surface area contributed by atoms with Gasteiger partial charge in [0.15, 0.2) is 0 Å². The number of aliphatic hydroxyl groups excluding tert-OH is 1. The highest BCUT2D eigenvalue weighted by atomic mass is 35.5. The number of aliphatic hydroxyl groups is 1. The highest BCUT2D eigenvalue weighted by molar-refractivity contribution is 6.30. The fourth-order valence-electron chi connectivity index (χ4n) is 3.99. The molecular weight excluding hydrogens is 310 g/mol. The predicted octanol–water partition coefficient (Wildman–Crippen LogP) is 4.19. The minimum Gasteiger partial charge on any atom is -0.388 e. The minimum atomic E-state index is -0.459. The second-order valence-electron chi connectivity index (χ2n) is 7.07. The van der Waals surface area contributed by atoms with Crippen LogP contribution in [0.15, 0.2) is 24.3 Å². The number of benzene rings is 1. The molecule has 1 aliphatic carbocycles. The quantitative estimate of drug-likeness (QED) is 0.896. The SMILES string of the molecule is O=C(CC1CCCC1)N1CCC(C(O)c2ccc(Cl)cc2)CC1. The van der Waals surface area contributed by atoms with Crippen LogP contribution < -0.4 is 0 Å². The molecule has 3 rings (SSSR count). The van der Waals surface area contributed by atoms with Crippen molar-refractivity contribution in [2.45, 2.75) is 51.0 Å². The first-order chi connectivity index (χ1) is 11.1. The summed E-state index contributed by atoms with van der Waals surface area (Å²) in [6.45, 7) is 1.56. The molecule has 0 bridgehead atoms. The van der Waals surface area contributed by atoms with Gasteiger partial charge in [-0.1, -0.05) is 36.6 Å². The van der Waals surface area contributed by atoms with Gasteiger partial charge in [0.1, 0.15) is 0 Å². The van der Waals surface area contributed by atoms with Crippen molar-refractivity contribution in [3.63, 3.8) is 0 Å². The van der Waals surface area contributed by atoms with Gasteiger partial charge in [0.05, 0.1) is 6.10 Å². The molecule has 1 aromatic rings. The van der Waals surface area contributed by atoms with E-state index in [4.69, 9.17) is 11.6 Å². The summed E-state index contributed by atoms with van der Waals surface area (Å²) < 4.78 is 0. The molecule has 0 radical (unpaired) electrons. The molecule has 23 heavy (non-hydrogen) atoms. The molecule has 1 atom stereocenters. The molecule has 1 amide bonds. The molecule has 126 valence electrons. The van der Waals surface area contributed by atoms with Crippen molar-refractivity contribution in [2.24, 2.45) is 11.8 Å². The summed E-state index contributed by atoms with van der Waals surface area (Å²) in [5.74, 6) is 1.16. The summed E-state index contributed by atoms with van der Waals surface area (Å²) in [6.07, 6.45) is 7.03. The molecule has 2 aliphatic rings. The highest BCUT2D eigenvalue weighted by Gasteiger charge is 2.29. The van der Waals surface area contributed by atoms with E-state index in [1.165, 1.54) is 25.7 Å². The molecule has 1 N–H and O–H groups in total. The lowest BCUT2D eigenvalue weighted by Crippen LogP contribution is -2.40. The van der Waals surface area contributed by atoms with Crippen LogP contribution in [0.2, 0.25) is 5.02 Å². The fourth-order valence-corrected chi connectivity index (χ4v) is 4.11. The largest absolute Gasteiger partial charge is 0.388 e.